The number of rotatable bonds is 1. The molecule has 0 aromatic heterocycles. The van der Waals surface area contributed by atoms with Crippen molar-refractivity contribution in [2.75, 3.05) is 7.11 Å². The Morgan fingerprint density at radius 3 is 2.77 bits per heavy atom. The largest absolute Gasteiger partial charge is 0.504 e. The third-order valence-electron chi connectivity index (χ3n) is 6.97. The van der Waals surface area contributed by atoms with Crippen LogP contribution in [0.15, 0.2) is 12.1 Å². The molecule has 5 atom stereocenters. The first kappa shape index (κ1) is 14.4. The smallest absolute Gasteiger partial charge is 0.160 e. The van der Waals surface area contributed by atoms with Crippen molar-refractivity contribution in [1.29, 1.82) is 0 Å². The van der Waals surface area contributed by atoms with Crippen LogP contribution in [0, 0.1) is 17.3 Å². The highest BCUT2D eigenvalue weighted by atomic mass is 16.5. The van der Waals surface area contributed by atoms with Crippen LogP contribution < -0.4 is 4.74 Å². The van der Waals surface area contributed by atoms with E-state index in [-0.39, 0.29) is 17.3 Å². The van der Waals surface area contributed by atoms with Crippen molar-refractivity contribution in [1.82, 2.24) is 0 Å². The zero-order valence-electron chi connectivity index (χ0n) is 13.5. The van der Waals surface area contributed by atoms with Gasteiger partial charge >= 0.3 is 0 Å². The third kappa shape index (κ3) is 1.84. The van der Waals surface area contributed by atoms with Crippen LogP contribution in [0.2, 0.25) is 0 Å². The van der Waals surface area contributed by atoms with Crippen LogP contribution in [-0.4, -0.2) is 23.4 Å². The molecule has 3 nitrogen and oxygen atoms in total. The van der Waals surface area contributed by atoms with E-state index >= 15 is 0 Å². The quantitative estimate of drug-likeness (QED) is 0.833. The van der Waals surface area contributed by atoms with E-state index in [1.807, 2.05) is 6.07 Å². The molecular weight excluding hydrogens is 276 g/mol. The molecule has 120 valence electrons. The summed E-state index contributed by atoms with van der Waals surface area (Å²) in [4.78, 5) is 0. The number of aliphatic hydroxyl groups excluding tert-OH is 1. The maximum Gasteiger partial charge on any atom is 0.160 e. The number of phenolic OH excluding ortho intramolecular Hbond substituents is 1. The molecule has 4 rings (SSSR count). The van der Waals surface area contributed by atoms with Gasteiger partial charge in [-0.1, -0.05) is 6.92 Å². The molecule has 0 aliphatic heterocycles. The zero-order chi connectivity index (χ0) is 15.5. The topological polar surface area (TPSA) is 49.7 Å². The molecule has 3 aliphatic carbocycles. The van der Waals surface area contributed by atoms with Crippen LogP contribution in [0.4, 0.5) is 0 Å². The molecule has 1 aromatic rings. The summed E-state index contributed by atoms with van der Waals surface area (Å²) in [5.74, 6) is 2.75. The Labute approximate surface area is 132 Å². The van der Waals surface area contributed by atoms with Crippen LogP contribution in [0.25, 0.3) is 0 Å². The molecule has 2 N–H and O–H groups in total. The van der Waals surface area contributed by atoms with E-state index in [0.29, 0.717) is 23.5 Å². The summed E-state index contributed by atoms with van der Waals surface area (Å²) in [5, 5.41) is 20.5. The van der Waals surface area contributed by atoms with Crippen LogP contribution in [-0.2, 0) is 6.42 Å². The first-order valence-electron chi connectivity index (χ1n) is 8.62. The Balaban J connectivity index is 1.72. The zero-order valence-corrected chi connectivity index (χ0v) is 13.5. The standard InChI is InChI=1S/C19H26O3/c1-19-8-7-12-13(15(19)5-6-18(19)21)4-3-11-9-16(20)17(22-2)10-14(11)12/h9-10,12-13,15,18,20-21H,3-8H2,1-2H3/t12-,13+,15-,18+,19+/m0/s1. The molecule has 1 aromatic carbocycles. The summed E-state index contributed by atoms with van der Waals surface area (Å²) in [6.07, 6.45) is 6.51. The molecule has 0 bridgehead atoms. The van der Waals surface area contributed by atoms with Crippen molar-refractivity contribution in [3.63, 3.8) is 0 Å². The van der Waals surface area contributed by atoms with E-state index in [1.165, 1.54) is 24.0 Å². The second-order valence-electron chi connectivity index (χ2n) is 7.78. The second kappa shape index (κ2) is 4.89. The predicted octanol–water partition coefficient (Wildman–Crippen LogP) is 3.62. The number of aryl methyl sites for hydroxylation is 1. The summed E-state index contributed by atoms with van der Waals surface area (Å²) >= 11 is 0. The lowest BCUT2D eigenvalue weighted by atomic mass is 9.55. The van der Waals surface area contributed by atoms with Gasteiger partial charge in [-0.05, 0) is 85.0 Å². The van der Waals surface area contributed by atoms with Crippen LogP contribution in [0.1, 0.15) is 56.1 Å². The number of aromatic hydroxyl groups is 1. The van der Waals surface area contributed by atoms with Gasteiger partial charge in [0.2, 0.25) is 0 Å². The fourth-order valence-electron chi connectivity index (χ4n) is 5.72. The summed E-state index contributed by atoms with van der Waals surface area (Å²) in [7, 11) is 1.62. The van der Waals surface area contributed by atoms with Gasteiger partial charge in [-0.15, -0.1) is 0 Å². The summed E-state index contributed by atoms with van der Waals surface area (Å²) in [6, 6.07) is 3.97. The molecule has 22 heavy (non-hydrogen) atoms. The number of hydrogen-bond donors (Lipinski definition) is 2. The second-order valence-corrected chi connectivity index (χ2v) is 7.78. The van der Waals surface area contributed by atoms with Crippen LogP contribution in [0.3, 0.4) is 0 Å². The van der Waals surface area contributed by atoms with E-state index in [2.05, 4.69) is 13.0 Å². The molecule has 2 saturated carbocycles. The van der Waals surface area contributed by atoms with E-state index in [1.54, 1.807) is 7.11 Å². The highest BCUT2D eigenvalue weighted by Gasteiger charge is 2.54. The molecule has 3 aliphatic rings. The molecule has 0 saturated heterocycles. The predicted molar refractivity (Wildman–Crippen MR) is 85.3 cm³/mol. The number of hydrogen-bond acceptors (Lipinski definition) is 3. The first-order valence-corrected chi connectivity index (χ1v) is 8.62. The lowest BCUT2D eigenvalue weighted by Crippen LogP contribution is -2.43. The van der Waals surface area contributed by atoms with E-state index in [4.69, 9.17) is 4.74 Å². The minimum atomic E-state index is -0.116. The average Bonchev–Trinajstić information content (AvgIpc) is 2.82. The molecule has 0 spiro atoms. The normalized spacial score (nSPS) is 39.8. The van der Waals surface area contributed by atoms with E-state index < -0.39 is 0 Å². The lowest BCUT2D eigenvalue weighted by Gasteiger charge is -2.50. The van der Waals surface area contributed by atoms with Gasteiger partial charge in [0, 0.05) is 0 Å². The van der Waals surface area contributed by atoms with Crippen molar-refractivity contribution in [2.24, 2.45) is 17.3 Å². The van der Waals surface area contributed by atoms with Gasteiger partial charge in [0.25, 0.3) is 0 Å². The molecule has 0 heterocycles. The summed E-state index contributed by atoms with van der Waals surface area (Å²) in [6.45, 7) is 2.30. The Bertz CT molecular complexity index is 597. The van der Waals surface area contributed by atoms with Gasteiger partial charge in [0.05, 0.1) is 13.2 Å². The van der Waals surface area contributed by atoms with Crippen LogP contribution >= 0.6 is 0 Å². The van der Waals surface area contributed by atoms with Crippen molar-refractivity contribution < 1.29 is 14.9 Å². The Hall–Kier alpha value is -1.22. The average molecular weight is 302 g/mol. The highest BCUT2D eigenvalue weighted by Crippen LogP contribution is 2.61. The summed E-state index contributed by atoms with van der Waals surface area (Å²) < 4.78 is 5.32. The number of benzene rings is 1. The fraction of sp³-hybridized carbons (Fsp3) is 0.684. The molecule has 2 fully saturated rings. The lowest BCUT2D eigenvalue weighted by molar-refractivity contribution is -0.0226. The van der Waals surface area contributed by atoms with Crippen molar-refractivity contribution in [3.8, 4) is 11.5 Å². The number of methoxy groups -OCH3 is 1. The highest BCUT2D eigenvalue weighted by molar-refractivity contribution is 5.49. The van der Waals surface area contributed by atoms with E-state index in [9.17, 15) is 10.2 Å². The molecular formula is C19H26O3. The van der Waals surface area contributed by atoms with Gasteiger partial charge in [0.1, 0.15) is 0 Å². The number of aliphatic hydroxyl groups is 1. The van der Waals surface area contributed by atoms with Gasteiger partial charge in [0.15, 0.2) is 11.5 Å². The molecule has 0 unspecified atom stereocenters. The number of fused-ring (bicyclic) bond motifs is 5. The monoisotopic (exact) mass is 302 g/mol. The third-order valence-corrected chi connectivity index (χ3v) is 6.97. The van der Waals surface area contributed by atoms with Gasteiger partial charge in [-0.3, -0.25) is 0 Å². The molecule has 0 radical (unpaired) electrons. The van der Waals surface area contributed by atoms with Gasteiger partial charge in [-0.25, -0.2) is 0 Å². The van der Waals surface area contributed by atoms with Gasteiger partial charge in [-0.2, -0.15) is 0 Å². The first-order chi connectivity index (χ1) is 10.5. The van der Waals surface area contributed by atoms with Crippen molar-refractivity contribution in [3.05, 3.63) is 23.3 Å². The maximum atomic E-state index is 10.4. The van der Waals surface area contributed by atoms with Crippen molar-refractivity contribution >= 4 is 0 Å². The molecule has 0 amide bonds. The summed E-state index contributed by atoms with van der Waals surface area (Å²) in [5.41, 5.74) is 2.80. The Morgan fingerprint density at radius 1 is 1.18 bits per heavy atom. The number of phenols is 1. The molecule has 3 heteroatoms. The van der Waals surface area contributed by atoms with Gasteiger partial charge < -0.3 is 14.9 Å². The minimum absolute atomic E-state index is 0.116. The minimum Gasteiger partial charge on any atom is -0.504 e. The SMILES string of the molecule is COc1cc2c(cc1O)CC[C@@H]1[C@@H]2CC[C@@]2(C)[C@H](O)CC[C@@H]12. The fourth-order valence-corrected chi connectivity index (χ4v) is 5.72. The van der Waals surface area contributed by atoms with Crippen molar-refractivity contribution in [2.45, 2.75) is 57.5 Å². The van der Waals surface area contributed by atoms with Crippen LogP contribution in [0.5, 0.6) is 11.5 Å². The Kier molecular flexibility index (Phi) is 3.19. The van der Waals surface area contributed by atoms with E-state index in [0.717, 1.165) is 25.7 Å². The Morgan fingerprint density at radius 2 is 2.00 bits per heavy atom. The number of ether oxygens (including phenoxy) is 1. The maximum absolute atomic E-state index is 10.4.